The molecule has 1 aromatic rings. The number of aromatic nitrogens is 1. The lowest BCUT2D eigenvalue weighted by molar-refractivity contribution is 0.0762. The number of thioether (sulfide) groups is 1. The van der Waals surface area contributed by atoms with E-state index in [1.165, 1.54) is 0 Å². The Hall–Kier alpha value is -1.51. The average molecular weight is 276 g/mol. The summed E-state index contributed by atoms with van der Waals surface area (Å²) in [7, 11) is 0. The Morgan fingerprint density at radius 2 is 2.37 bits per heavy atom. The fourth-order valence-corrected chi connectivity index (χ4v) is 2.80. The van der Waals surface area contributed by atoms with Gasteiger partial charge in [0, 0.05) is 25.0 Å². The Labute approximate surface area is 117 Å². The zero-order valence-corrected chi connectivity index (χ0v) is 11.4. The molecule has 2 heterocycles. The Kier molecular flexibility index (Phi) is 5.25. The number of aliphatic hydroxyl groups excluding tert-OH is 1. The molecule has 2 rings (SSSR count). The number of hydrogen-bond donors (Lipinski definition) is 1. The summed E-state index contributed by atoms with van der Waals surface area (Å²) >= 11 is 1.87. The summed E-state index contributed by atoms with van der Waals surface area (Å²) in [6.45, 7) is 1.31. The van der Waals surface area contributed by atoms with Crippen molar-refractivity contribution < 1.29 is 9.90 Å². The number of pyridine rings is 1. The van der Waals surface area contributed by atoms with Gasteiger partial charge >= 0.3 is 0 Å². The second kappa shape index (κ2) is 7.17. The van der Waals surface area contributed by atoms with Crippen molar-refractivity contribution in [2.45, 2.75) is 6.42 Å². The van der Waals surface area contributed by atoms with Gasteiger partial charge in [0.25, 0.3) is 5.91 Å². The molecule has 5 heteroatoms. The van der Waals surface area contributed by atoms with Crippen LogP contribution in [-0.4, -0.2) is 52.1 Å². The van der Waals surface area contributed by atoms with Crippen molar-refractivity contribution in [2.24, 2.45) is 0 Å². The second-order valence-corrected chi connectivity index (χ2v) is 5.34. The number of hydrogen-bond acceptors (Lipinski definition) is 4. The van der Waals surface area contributed by atoms with Crippen LogP contribution < -0.4 is 0 Å². The van der Waals surface area contributed by atoms with E-state index < -0.39 is 0 Å². The van der Waals surface area contributed by atoms with Crippen molar-refractivity contribution in [3.05, 3.63) is 29.6 Å². The molecule has 1 fully saturated rings. The number of amides is 1. The highest BCUT2D eigenvalue weighted by atomic mass is 32.2. The van der Waals surface area contributed by atoms with Crippen LogP contribution in [0.15, 0.2) is 18.3 Å². The van der Waals surface area contributed by atoms with E-state index in [1.54, 1.807) is 18.3 Å². The first-order valence-electron chi connectivity index (χ1n) is 6.24. The third-order valence-corrected chi connectivity index (χ3v) is 3.87. The van der Waals surface area contributed by atoms with E-state index in [2.05, 4.69) is 16.8 Å². The van der Waals surface area contributed by atoms with Gasteiger partial charge in [-0.1, -0.05) is 11.8 Å². The minimum absolute atomic E-state index is 0.0645. The first-order valence-corrected chi connectivity index (χ1v) is 7.40. The second-order valence-electron chi connectivity index (χ2n) is 4.12. The standard InChI is InChI=1S/C14H16N2O2S/c17-9-2-5-12-4-1-6-15-13(12)14(18)16-7-3-10-19-11-8-16/h1,4,6,17H,3,7-11H2. The summed E-state index contributed by atoms with van der Waals surface area (Å²) in [5.41, 5.74) is 0.966. The maximum atomic E-state index is 12.5. The maximum absolute atomic E-state index is 12.5. The summed E-state index contributed by atoms with van der Waals surface area (Å²) in [5, 5.41) is 8.75. The van der Waals surface area contributed by atoms with E-state index in [0.717, 1.165) is 31.0 Å². The Morgan fingerprint density at radius 3 is 3.21 bits per heavy atom. The summed E-state index contributed by atoms with van der Waals surface area (Å²) in [6, 6.07) is 3.51. The lowest BCUT2D eigenvalue weighted by Crippen LogP contribution is -2.34. The summed E-state index contributed by atoms with van der Waals surface area (Å²) in [6.07, 6.45) is 2.62. The minimum Gasteiger partial charge on any atom is -0.384 e. The van der Waals surface area contributed by atoms with Crippen LogP contribution in [0.3, 0.4) is 0 Å². The molecule has 1 aliphatic heterocycles. The number of carbonyl (C=O) groups is 1. The molecule has 0 radical (unpaired) electrons. The van der Waals surface area contributed by atoms with Crippen LogP contribution in [0.5, 0.6) is 0 Å². The summed E-state index contributed by atoms with van der Waals surface area (Å²) < 4.78 is 0. The molecule has 100 valence electrons. The third kappa shape index (κ3) is 3.72. The zero-order chi connectivity index (χ0) is 13.5. The number of rotatable bonds is 1. The van der Waals surface area contributed by atoms with E-state index in [-0.39, 0.29) is 12.5 Å². The molecule has 19 heavy (non-hydrogen) atoms. The molecule has 1 aliphatic rings. The van der Waals surface area contributed by atoms with Crippen molar-refractivity contribution >= 4 is 17.7 Å². The lowest BCUT2D eigenvalue weighted by atomic mass is 10.1. The molecule has 0 aliphatic carbocycles. The minimum atomic E-state index is -0.219. The molecule has 0 bridgehead atoms. The molecule has 0 unspecified atom stereocenters. The normalized spacial score (nSPS) is 15.3. The Morgan fingerprint density at radius 1 is 1.47 bits per heavy atom. The van der Waals surface area contributed by atoms with Gasteiger partial charge in [0.1, 0.15) is 12.3 Å². The average Bonchev–Trinajstić information content (AvgIpc) is 2.73. The van der Waals surface area contributed by atoms with Gasteiger partial charge < -0.3 is 10.0 Å². The van der Waals surface area contributed by atoms with Gasteiger partial charge in [-0.2, -0.15) is 11.8 Å². The molecular weight excluding hydrogens is 260 g/mol. The number of nitrogens with zero attached hydrogens (tertiary/aromatic N) is 2. The van der Waals surface area contributed by atoms with Gasteiger partial charge in [0.15, 0.2) is 0 Å². The van der Waals surface area contributed by atoms with Gasteiger partial charge in [0.2, 0.25) is 0 Å². The highest BCUT2D eigenvalue weighted by Crippen LogP contribution is 2.14. The van der Waals surface area contributed by atoms with Crippen LogP contribution >= 0.6 is 11.8 Å². The molecule has 1 aromatic heterocycles. The van der Waals surface area contributed by atoms with Crippen molar-refractivity contribution in [1.29, 1.82) is 0 Å². The zero-order valence-electron chi connectivity index (χ0n) is 10.6. The quantitative estimate of drug-likeness (QED) is 0.778. The van der Waals surface area contributed by atoms with Gasteiger partial charge in [-0.25, -0.2) is 4.98 Å². The first-order chi connectivity index (χ1) is 9.33. The SMILES string of the molecule is O=C(c1ncccc1C#CCO)N1CCCSCC1. The smallest absolute Gasteiger partial charge is 0.273 e. The van der Waals surface area contributed by atoms with E-state index in [0.29, 0.717) is 11.3 Å². The van der Waals surface area contributed by atoms with Gasteiger partial charge in [-0.3, -0.25) is 4.79 Å². The van der Waals surface area contributed by atoms with E-state index in [9.17, 15) is 4.79 Å². The van der Waals surface area contributed by atoms with Gasteiger partial charge in [-0.15, -0.1) is 0 Å². The molecule has 0 saturated carbocycles. The monoisotopic (exact) mass is 276 g/mol. The third-order valence-electron chi connectivity index (χ3n) is 2.82. The Bertz CT molecular complexity index is 500. The van der Waals surface area contributed by atoms with Crippen molar-refractivity contribution in [1.82, 2.24) is 9.88 Å². The predicted molar refractivity (Wildman–Crippen MR) is 76.0 cm³/mol. The van der Waals surface area contributed by atoms with Crippen molar-refractivity contribution in [3.8, 4) is 11.8 Å². The molecule has 1 saturated heterocycles. The molecule has 1 amide bonds. The molecule has 1 N–H and O–H groups in total. The van der Waals surface area contributed by atoms with Crippen LogP contribution in [-0.2, 0) is 0 Å². The highest BCUT2D eigenvalue weighted by molar-refractivity contribution is 7.99. The highest BCUT2D eigenvalue weighted by Gasteiger charge is 2.20. The van der Waals surface area contributed by atoms with E-state index in [1.807, 2.05) is 16.7 Å². The topological polar surface area (TPSA) is 53.4 Å². The van der Waals surface area contributed by atoms with Crippen LogP contribution in [0, 0.1) is 11.8 Å². The Balaban J connectivity index is 2.22. The van der Waals surface area contributed by atoms with Crippen LogP contribution in [0.25, 0.3) is 0 Å². The van der Waals surface area contributed by atoms with Crippen LogP contribution in [0.1, 0.15) is 22.5 Å². The van der Waals surface area contributed by atoms with E-state index in [4.69, 9.17) is 5.11 Å². The number of aliphatic hydroxyl groups is 1. The van der Waals surface area contributed by atoms with Gasteiger partial charge in [0.05, 0.1) is 5.56 Å². The largest absolute Gasteiger partial charge is 0.384 e. The van der Waals surface area contributed by atoms with E-state index >= 15 is 0 Å². The molecule has 0 atom stereocenters. The fourth-order valence-electron chi connectivity index (χ4n) is 1.91. The maximum Gasteiger partial charge on any atom is 0.273 e. The first kappa shape index (κ1) is 13.9. The summed E-state index contributed by atoms with van der Waals surface area (Å²) in [4.78, 5) is 18.5. The number of carbonyl (C=O) groups excluding carboxylic acids is 1. The summed E-state index contributed by atoms with van der Waals surface area (Å²) in [5.74, 6) is 7.35. The molecule has 0 aromatic carbocycles. The van der Waals surface area contributed by atoms with Crippen LogP contribution in [0.4, 0.5) is 0 Å². The molecular formula is C14H16N2O2S. The predicted octanol–water partition coefficient (Wildman–Crippen LogP) is 1.00. The lowest BCUT2D eigenvalue weighted by Gasteiger charge is -2.19. The van der Waals surface area contributed by atoms with Gasteiger partial charge in [-0.05, 0) is 24.3 Å². The van der Waals surface area contributed by atoms with Crippen molar-refractivity contribution in [3.63, 3.8) is 0 Å². The molecule has 4 nitrogen and oxygen atoms in total. The molecule has 0 spiro atoms. The van der Waals surface area contributed by atoms with Crippen molar-refractivity contribution in [2.75, 3.05) is 31.2 Å². The van der Waals surface area contributed by atoms with Crippen LogP contribution in [0.2, 0.25) is 0 Å². The fraction of sp³-hybridized carbons (Fsp3) is 0.429.